The van der Waals surface area contributed by atoms with Crippen LogP contribution in [-0.4, -0.2) is 19.5 Å². The molecular formula is C16H13O5S-. The van der Waals surface area contributed by atoms with Gasteiger partial charge < -0.3 is 15.0 Å². The molecule has 2 aromatic carbocycles. The van der Waals surface area contributed by atoms with Crippen LogP contribution in [0.15, 0.2) is 63.9 Å². The van der Waals surface area contributed by atoms with Gasteiger partial charge in [-0.2, -0.15) is 0 Å². The molecule has 2 rings (SSSR count). The molecule has 0 fully saturated rings. The summed E-state index contributed by atoms with van der Waals surface area (Å²) < 4.78 is 24.8. The molecule has 0 bridgehead atoms. The second-order valence-electron chi connectivity index (χ2n) is 4.68. The second kappa shape index (κ2) is 6.03. The Morgan fingerprint density at radius 1 is 1.00 bits per heavy atom. The summed E-state index contributed by atoms with van der Waals surface area (Å²) in [5.41, 5.74) is 0.612. The van der Waals surface area contributed by atoms with Crippen LogP contribution in [0.25, 0.3) is 6.08 Å². The Labute approximate surface area is 128 Å². The molecule has 0 spiro atoms. The highest BCUT2D eigenvalue weighted by atomic mass is 32.2. The number of phenolic OH excluding ortho intramolecular Hbond substituents is 1. The van der Waals surface area contributed by atoms with E-state index in [-0.39, 0.29) is 21.1 Å². The molecule has 0 aromatic heterocycles. The molecular weight excluding hydrogens is 304 g/mol. The Hall–Kier alpha value is -2.60. The summed E-state index contributed by atoms with van der Waals surface area (Å²) >= 11 is 0. The minimum Gasteiger partial charge on any atom is -0.545 e. The number of hydrogen-bond acceptors (Lipinski definition) is 5. The topological polar surface area (TPSA) is 94.5 Å². The van der Waals surface area contributed by atoms with Crippen molar-refractivity contribution in [3.63, 3.8) is 0 Å². The third kappa shape index (κ3) is 3.35. The van der Waals surface area contributed by atoms with E-state index in [1.54, 1.807) is 0 Å². The number of carbonyl (C=O) groups is 1. The molecule has 5 nitrogen and oxygen atoms in total. The van der Waals surface area contributed by atoms with Crippen molar-refractivity contribution in [1.82, 2.24) is 0 Å². The number of benzene rings is 2. The van der Waals surface area contributed by atoms with E-state index in [0.29, 0.717) is 5.56 Å². The molecule has 2 aromatic rings. The van der Waals surface area contributed by atoms with Gasteiger partial charge in [0.2, 0.25) is 9.84 Å². The van der Waals surface area contributed by atoms with Crippen molar-refractivity contribution in [2.24, 2.45) is 0 Å². The van der Waals surface area contributed by atoms with Gasteiger partial charge in [0.25, 0.3) is 0 Å². The van der Waals surface area contributed by atoms with E-state index < -0.39 is 15.8 Å². The quantitative estimate of drug-likeness (QED) is 0.860. The first-order chi connectivity index (χ1) is 10.3. The fourth-order valence-corrected chi connectivity index (χ4v) is 3.07. The monoisotopic (exact) mass is 317 g/mol. The minimum atomic E-state index is -3.68. The Balaban J connectivity index is 2.36. The maximum atomic E-state index is 12.4. The molecule has 0 aliphatic rings. The first-order valence-electron chi connectivity index (χ1n) is 6.34. The summed E-state index contributed by atoms with van der Waals surface area (Å²) in [5, 5.41) is 19.9. The Kier molecular flexibility index (Phi) is 4.32. The van der Waals surface area contributed by atoms with Crippen molar-refractivity contribution >= 4 is 21.9 Å². The van der Waals surface area contributed by atoms with Crippen LogP contribution in [0.1, 0.15) is 12.5 Å². The lowest BCUT2D eigenvalue weighted by atomic mass is 10.1. The van der Waals surface area contributed by atoms with Gasteiger partial charge in [0, 0.05) is 0 Å². The third-order valence-electron chi connectivity index (χ3n) is 3.04. The number of sulfone groups is 1. The van der Waals surface area contributed by atoms with Gasteiger partial charge >= 0.3 is 0 Å². The molecule has 0 atom stereocenters. The Bertz CT molecular complexity index is 816. The lowest BCUT2D eigenvalue weighted by molar-refractivity contribution is -0.299. The fourth-order valence-electron chi connectivity index (χ4n) is 1.81. The van der Waals surface area contributed by atoms with Crippen LogP contribution in [0, 0.1) is 0 Å². The summed E-state index contributed by atoms with van der Waals surface area (Å²) in [7, 11) is -3.68. The molecule has 6 heteroatoms. The maximum absolute atomic E-state index is 12.4. The van der Waals surface area contributed by atoms with E-state index in [1.807, 2.05) is 0 Å². The van der Waals surface area contributed by atoms with Crippen LogP contribution >= 0.6 is 0 Å². The standard InChI is InChI=1S/C16H14O5S/c1-11(16(18)19)10-12-2-6-14(7-3-12)22(20,21)15-8-4-13(17)5-9-15/h2-10,17H,1H3,(H,18,19)/p-1/b11-10+. The molecule has 114 valence electrons. The molecule has 0 saturated heterocycles. The number of aliphatic carboxylic acids is 1. The summed E-state index contributed by atoms with van der Waals surface area (Å²) in [5.74, 6) is -1.29. The largest absolute Gasteiger partial charge is 0.545 e. The zero-order valence-electron chi connectivity index (χ0n) is 11.7. The Morgan fingerprint density at radius 2 is 1.45 bits per heavy atom. The number of carbonyl (C=O) groups excluding carboxylic acids is 1. The Morgan fingerprint density at radius 3 is 1.91 bits per heavy atom. The zero-order chi connectivity index (χ0) is 16.3. The van der Waals surface area contributed by atoms with Crippen molar-refractivity contribution in [2.75, 3.05) is 0 Å². The van der Waals surface area contributed by atoms with Crippen molar-refractivity contribution in [3.05, 3.63) is 59.7 Å². The van der Waals surface area contributed by atoms with E-state index in [2.05, 4.69) is 0 Å². The molecule has 22 heavy (non-hydrogen) atoms. The number of carboxylic acids is 1. The van der Waals surface area contributed by atoms with Gasteiger partial charge in [-0.25, -0.2) is 8.42 Å². The summed E-state index contributed by atoms with van der Waals surface area (Å²) in [6.07, 6.45) is 1.40. The molecule has 0 amide bonds. The number of carboxylic acid groups (broad SMARTS) is 1. The predicted octanol–water partition coefficient (Wildman–Crippen LogP) is 1.38. The first kappa shape index (κ1) is 15.8. The van der Waals surface area contributed by atoms with Crippen LogP contribution in [0.2, 0.25) is 0 Å². The van der Waals surface area contributed by atoms with Gasteiger partial charge in [0.05, 0.1) is 15.8 Å². The number of hydrogen-bond donors (Lipinski definition) is 1. The lowest BCUT2D eigenvalue weighted by Gasteiger charge is -2.06. The first-order valence-corrected chi connectivity index (χ1v) is 7.83. The van der Waals surface area contributed by atoms with Gasteiger partial charge in [-0.1, -0.05) is 18.2 Å². The highest BCUT2D eigenvalue weighted by Crippen LogP contribution is 2.23. The van der Waals surface area contributed by atoms with Crippen LogP contribution in [-0.2, 0) is 14.6 Å². The lowest BCUT2D eigenvalue weighted by Crippen LogP contribution is -2.22. The number of rotatable bonds is 4. The smallest absolute Gasteiger partial charge is 0.206 e. The molecule has 0 aliphatic heterocycles. The van der Waals surface area contributed by atoms with Crippen molar-refractivity contribution in [3.8, 4) is 5.75 Å². The molecule has 0 unspecified atom stereocenters. The number of aromatic hydroxyl groups is 1. The SMILES string of the molecule is C/C(=C\c1ccc(S(=O)(=O)c2ccc(O)cc2)cc1)C(=O)[O-]. The summed E-state index contributed by atoms with van der Waals surface area (Å²) in [4.78, 5) is 10.8. The highest BCUT2D eigenvalue weighted by molar-refractivity contribution is 7.91. The molecule has 0 heterocycles. The zero-order valence-corrected chi connectivity index (χ0v) is 12.5. The third-order valence-corrected chi connectivity index (χ3v) is 4.83. The minimum absolute atomic E-state index is 0.0165. The van der Waals surface area contributed by atoms with Crippen LogP contribution in [0.5, 0.6) is 5.75 Å². The predicted molar refractivity (Wildman–Crippen MR) is 78.7 cm³/mol. The van der Waals surface area contributed by atoms with Gasteiger partial charge in [0.1, 0.15) is 5.75 Å². The normalized spacial score (nSPS) is 12.1. The van der Waals surface area contributed by atoms with Crippen molar-refractivity contribution in [2.45, 2.75) is 16.7 Å². The van der Waals surface area contributed by atoms with Crippen molar-refractivity contribution < 1.29 is 23.4 Å². The van der Waals surface area contributed by atoms with Crippen molar-refractivity contribution in [1.29, 1.82) is 0 Å². The van der Waals surface area contributed by atoms with E-state index in [0.717, 1.165) is 0 Å². The van der Waals surface area contributed by atoms with Gasteiger partial charge in [0.15, 0.2) is 0 Å². The average molecular weight is 317 g/mol. The highest BCUT2D eigenvalue weighted by Gasteiger charge is 2.17. The van der Waals surface area contributed by atoms with E-state index in [9.17, 15) is 23.4 Å². The van der Waals surface area contributed by atoms with Gasteiger partial charge in [-0.3, -0.25) is 0 Å². The van der Waals surface area contributed by atoms with Gasteiger partial charge in [-0.15, -0.1) is 0 Å². The summed E-state index contributed by atoms with van der Waals surface area (Å²) in [6.45, 7) is 1.40. The number of phenols is 1. The average Bonchev–Trinajstić information content (AvgIpc) is 2.48. The van der Waals surface area contributed by atoms with Gasteiger partial charge in [-0.05, 0) is 54.5 Å². The maximum Gasteiger partial charge on any atom is 0.206 e. The second-order valence-corrected chi connectivity index (χ2v) is 6.63. The van der Waals surface area contributed by atoms with Crippen LogP contribution in [0.3, 0.4) is 0 Å². The van der Waals surface area contributed by atoms with E-state index in [4.69, 9.17) is 0 Å². The summed E-state index contributed by atoms with van der Waals surface area (Å²) in [6, 6.07) is 11.1. The van der Waals surface area contributed by atoms with Crippen LogP contribution < -0.4 is 5.11 Å². The fraction of sp³-hybridized carbons (Fsp3) is 0.0625. The molecule has 1 N–H and O–H groups in total. The molecule has 0 aliphatic carbocycles. The van der Waals surface area contributed by atoms with E-state index in [1.165, 1.54) is 61.5 Å². The van der Waals surface area contributed by atoms with E-state index >= 15 is 0 Å². The van der Waals surface area contributed by atoms with Crippen LogP contribution in [0.4, 0.5) is 0 Å². The molecule has 0 radical (unpaired) electrons. The molecule has 0 saturated carbocycles.